The zero-order valence-corrected chi connectivity index (χ0v) is 22.5. The number of nitrogens with one attached hydrogen (secondary N) is 1. The number of esters is 1. The van der Waals surface area contributed by atoms with E-state index in [1.165, 1.54) is 0 Å². The van der Waals surface area contributed by atoms with E-state index >= 15 is 0 Å². The predicted octanol–water partition coefficient (Wildman–Crippen LogP) is 6.22. The summed E-state index contributed by atoms with van der Waals surface area (Å²) in [6.45, 7) is 8.88. The lowest BCUT2D eigenvalue weighted by Crippen LogP contribution is -2.38. The molecule has 0 saturated carbocycles. The second-order valence-corrected chi connectivity index (χ2v) is 10.6. The van der Waals surface area contributed by atoms with Gasteiger partial charge in [0.15, 0.2) is 17.3 Å². The van der Waals surface area contributed by atoms with Gasteiger partial charge in [0.25, 0.3) is 0 Å². The fourth-order valence-electron chi connectivity index (χ4n) is 5.15. The van der Waals surface area contributed by atoms with E-state index in [1.807, 2.05) is 55.5 Å². The lowest BCUT2D eigenvalue weighted by atomic mass is 9.68. The molecule has 0 spiro atoms. The largest absolute Gasteiger partial charge is 0.493 e. The van der Waals surface area contributed by atoms with Crippen molar-refractivity contribution in [3.8, 4) is 11.5 Å². The van der Waals surface area contributed by atoms with Gasteiger partial charge in [-0.1, -0.05) is 63.6 Å². The summed E-state index contributed by atoms with van der Waals surface area (Å²) in [6.07, 6.45) is 2.88. The first-order valence-electron chi connectivity index (χ1n) is 13.0. The molecule has 1 N–H and O–H groups in total. The molecule has 2 aromatic carbocycles. The van der Waals surface area contributed by atoms with Gasteiger partial charge in [-0.3, -0.25) is 4.79 Å². The van der Waals surface area contributed by atoms with Crippen LogP contribution < -0.4 is 14.8 Å². The Hall–Kier alpha value is -3.54. The standard InChI is InChI=1S/C31H37NO5/c1-6-7-15-36-30(34)27-20(2)32-23-17-31(3,4)18-24(33)29(23)28(27)22-13-14-25(26(16-22)35-5)37-19-21-11-9-8-10-12-21/h8-14,16,28,32H,6-7,15,17-19H2,1-5H3/t28-/m0/s1. The number of benzene rings is 2. The quantitative estimate of drug-likeness (QED) is 0.323. The Kier molecular flexibility index (Phi) is 8.06. The highest BCUT2D eigenvalue weighted by molar-refractivity contribution is 6.04. The highest BCUT2D eigenvalue weighted by atomic mass is 16.5. The number of hydrogen-bond donors (Lipinski definition) is 1. The Morgan fingerprint density at radius 2 is 1.84 bits per heavy atom. The summed E-state index contributed by atoms with van der Waals surface area (Å²) in [7, 11) is 1.59. The van der Waals surface area contributed by atoms with Gasteiger partial charge < -0.3 is 19.5 Å². The zero-order valence-electron chi connectivity index (χ0n) is 22.5. The van der Waals surface area contributed by atoms with E-state index in [-0.39, 0.29) is 11.2 Å². The smallest absolute Gasteiger partial charge is 0.336 e. The van der Waals surface area contributed by atoms with Gasteiger partial charge in [-0.05, 0) is 48.4 Å². The van der Waals surface area contributed by atoms with E-state index in [0.29, 0.717) is 42.3 Å². The van der Waals surface area contributed by atoms with Crippen molar-refractivity contribution in [1.29, 1.82) is 0 Å². The molecule has 1 atom stereocenters. The Bertz CT molecular complexity index is 1230. The monoisotopic (exact) mass is 503 g/mol. The van der Waals surface area contributed by atoms with Crippen LogP contribution in [0.3, 0.4) is 0 Å². The van der Waals surface area contributed by atoms with E-state index in [2.05, 4.69) is 26.1 Å². The molecule has 1 aliphatic heterocycles. The zero-order chi connectivity index (χ0) is 26.6. The van der Waals surface area contributed by atoms with Crippen molar-refractivity contribution >= 4 is 11.8 Å². The van der Waals surface area contributed by atoms with Crippen LogP contribution in [0.2, 0.25) is 0 Å². The molecule has 6 nitrogen and oxygen atoms in total. The molecule has 0 saturated heterocycles. The summed E-state index contributed by atoms with van der Waals surface area (Å²) in [5.41, 5.74) is 4.42. The maximum atomic E-state index is 13.5. The van der Waals surface area contributed by atoms with E-state index in [9.17, 15) is 9.59 Å². The molecule has 196 valence electrons. The molecule has 2 aromatic rings. The Morgan fingerprint density at radius 3 is 2.54 bits per heavy atom. The number of ether oxygens (including phenoxy) is 3. The van der Waals surface area contributed by atoms with Crippen LogP contribution in [0.5, 0.6) is 11.5 Å². The number of ketones is 1. The van der Waals surface area contributed by atoms with E-state index in [4.69, 9.17) is 14.2 Å². The van der Waals surface area contributed by atoms with Gasteiger partial charge in [-0.2, -0.15) is 0 Å². The second-order valence-electron chi connectivity index (χ2n) is 10.6. The molecule has 0 aromatic heterocycles. The minimum Gasteiger partial charge on any atom is -0.493 e. The summed E-state index contributed by atoms with van der Waals surface area (Å²) in [5.74, 6) is 0.275. The Labute approximate surface area is 219 Å². The van der Waals surface area contributed by atoms with Gasteiger partial charge in [-0.15, -0.1) is 0 Å². The SMILES string of the molecule is CCCCOC(=O)C1=C(C)NC2=C(C(=O)CC(C)(C)C2)[C@H]1c1ccc(OCc2ccccc2)c(OC)c1. The third-order valence-corrected chi connectivity index (χ3v) is 6.95. The number of allylic oxidation sites excluding steroid dienone is 3. The summed E-state index contributed by atoms with van der Waals surface area (Å²) < 4.78 is 17.4. The average Bonchev–Trinajstić information content (AvgIpc) is 2.86. The number of rotatable bonds is 9. The summed E-state index contributed by atoms with van der Waals surface area (Å²) >= 11 is 0. The van der Waals surface area contributed by atoms with E-state index < -0.39 is 11.9 Å². The molecular weight excluding hydrogens is 466 g/mol. The van der Waals surface area contributed by atoms with Crippen LogP contribution in [0, 0.1) is 5.41 Å². The maximum absolute atomic E-state index is 13.5. The van der Waals surface area contributed by atoms with Crippen molar-refractivity contribution in [2.45, 2.75) is 65.9 Å². The van der Waals surface area contributed by atoms with Crippen LogP contribution in [0.25, 0.3) is 0 Å². The molecule has 37 heavy (non-hydrogen) atoms. The minimum absolute atomic E-state index is 0.0541. The van der Waals surface area contributed by atoms with Crippen molar-refractivity contribution in [3.05, 3.63) is 82.2 Å². The van der Waals surface area contributed by atoms with Crippen molar-refractivity contribution in [2.24, 2.45) is 5.41 Å². The topological polar surface area (TPSA) is 73.9 Å². The molecule has 0 amide bonds. The maximum Gasteiger partial charge on any atom is 0.336 e. The second kappa shape index (κ2) is 11.2. The summed E-state index contributed by atoms with van der Waals surface area (Å²) in [6, 6.07) is 15.6. The number of methoxy groups -OCH3 is 1. The third kappa shape index (κ3) is 5.90. The van der Waals surface area contributed by atoms with E-state index in [0.717, 1.165) is 41.8 Å². The number of hydrogen-bond acceptors (Lipinski definition) is 6. The van der Waals surface area contributed by atoms with Crippen molar-refractivity contribution < 1.29 is 23.8 Å². The predicted molar refractivity (Wildman–Crippen MR) is 143 cm³/mol. The summed E-state index contributed by atoms with van der Waals surface area (Å²) in [5, 5.41) is 3.39. The Balaban J connectivity index is 1.73. The molecule has 1 aliphatic carbocycles. The third-order valence-electron chi connectivity index (χ3n) is 6.95. The van der Waals surface area contributed by atoms with Gasteiger partial charge >= 0.3 is 5.97 Å². The van der Waals surface area contributed by atoms with Gasteiger partial charge in [0.05, 0.1) is 19.3 Å². The van der Waals surface area contributed by atoms with Gasteiger partial charge in [0.1, 0.15) is 6.61 Å². The van der Waals surface area contributed by atoms with Gasteiger partial charge in [0.2, 0.25) is 0 Å². The molecule has 0 bridgehead atoms. The molecule has 1 heterocycles. The lowest BCUT2D eigenvalue weighted by molar-refractivity contribution is -0.139. The van der Waals surface area contributed by atoms with Gasteiger partial charge in [0, 0.05) is 29.3 Å². The molecule has 4 rings (SSSR count). The fraction of sp³-hybridized carbons (Fsp3) is 0.419. The van der Waals surface area contributed by atoms with Crippen molar-refractivity contribution in [2.75, 3.05) is 13.7 Å². The lowest BCUT2D eigenvalue weighted by Gasteiger charge is -2.39. The van der Waals surface area contributed by atoms with Crippen LogP contribution in [-0.2, 0) is 20.9 Å². The minimum atomic E-state index is -0.536. The first-order chi connectivity index (χ1) is 17.7. The van der Waals surface area contributed by atoms with Crippen LogP contribution in [0.1, 0.15) is 70.4 Å². The number of unbranched alkanes of at least 4 members (excludes halogenated alkanes) is 1. The molecule has 6 heteroatoms. The normalized spacial score (nSPS) is 18.7. The van der Waals surface area contributed by atoms with Crippen LogP contribution in [0.4, 0.5) is 0 Å². The van der Waals surface area contributed by atoms with Crippen molar-refractivity contribution in [3.63, 3.8) is 0 Å². The average molecular weight is 504 g/mol. The number of carbonyl (C=O) groups is 2. The number of carbonyl (C=O) groups excluding carboxylic acids is 2. The molecule has 0 unspecified atom stereocenters. The molecule has 0 fully saturated rings. The molecule has 0 radical (unpaired) electrons. The first kappa shape index (κ1) is 26.5. The number of dihydropyridines is 1. The summed E-state index contributed by atoms with van der Waals surface area (Å²) in [4.78, 5) is 26.9. The highest BCUT2D eigenvalue weighted by Crippen LogP contribution is 2.48. The highest BCUT2D eigenvalue weighted by Gasteiger charge is 2.43. The van der Waals surface area contributed by atoms with Crippen LogP contribution >= 0.6 is 0 Å². The number of Topliss-reactive ketones (excluding diaryl/α,β-unsaturated/α-hetero) is 1. The van der Waals surface area contributed by atoms with Crippen LogP contribution in [-0.4, -0.2) is 25.5 Å². The van der Waals surface area contributed by atoms with Gasteiger partial charge in [-0.25, -0.2) is 4.79 Å². The van der Waals surface area contributed by atoms with Crippen LogP contribution in [0.15, 0.2) is 71.1 Å². The Morgan fingerprint density at radius 1 is 1.08 bits per heavy atom. The molecular formula is C31H37NO5. The first-order valence-corrected chi connectivity index (χ1v) is 13.0. The van der Waals surface area contributed by atoms with Crippen molar-refractivity contribution in [1.82, 2.24) is 5.32 Å². The van der Waals surface area contributed by atoms with E-state index in [1.54, 1.807) is 7.11 Å². The fourth-order valence-corrected chi connectivity index (χ4v) is 5.15. The molecule has 2 aliphatic rings.